The van der Waals surface area contributed by atoms with Crippen LogP contribution in [0.2, 0.25) is 0 Å². The number of hydrogen-bond acceptors (Lipinski definition) is 2. The van der Waals surface area contributed by atoms with E-state index in [0.29, 0.717) is 0 Å². The van der Waals surface area contributed by atoms with Crippen molar-refractivity contribution in [2.45, 2.75) is 52.4 Å². The van der Waals surface area contributed by atoms with Crippen LogP contribution < -0.4 is 0 Å². The van der Waals surface area contributed by atoms with Crippen LogP contribution in [0.5, 0.6) is 0 Å². The Morgan fingerprint density at radius 2 is 0.721 bits per heavy atom. The van der Waals surface area contributed by atoms with Crippen molar-refractivity contribution in [2.24, 2.45) is 0 Å². The topological polar surface area (TPSA) is 9.86 Å². The first-order valence-corrected chi connectivity index (χ1v) is 24.9. The summed E-state index contributed by atoms with van der Waals surface area (Å²) in [6.07, 6.45) is 0. The van der Waals surface area contributed by atoms with Crippen molar-refractivity contribution in [1.29, 1.82) is 0 Å². The Balaban J connectivity index is 1.33. The maximum Gasteiger partial charge on any atom is 0.123 e. The molecule has 0 amide bonds. The van der Waals surface area contributed by atoms with Gasteiger partial charge in [-0.2, -0.15) is 0 Å². The van der Waals surface area contributed by atoms with Gasteiger partial charge in [0.15, 0.2) is 0 Å². The molecule has 0 fully saturated rings. The lowest BCUT2D eigenvalue weighted by Gasteiger charge is -2.38. The minimum Gasteiger partial charge on any atom is -0.308 e. The highest BCUT2D eigenvalue weighted by molar-refractivity contribution is 7.27. The molecule has 0 aliphatic rings. The second-order valence-corrected chi connectivity index (χ2v) is 22.4. The summed E-state index contributed by atoms with van der Waals surface area (Å²) in [4.78, 5) is 0. The molecule has 0 aliphatic carbocycles. The molecule has 0 bridgehead atoms. The van der Waals surface area contributed by atoms with Crippen molar-refractivity contribution in [3.63, 3.8) is 0 Å². The average molecular weight is 921 g/mol. The smallest absolute Gasteiger partial charge is 0.123 e. The molecule has 13 aromatic rings. The molecule has 4 heterocycles. The summed E-state index contributed by atoms with van der Waals surface area (Å²) in [7, 11) is 0. The SMILES string of the molecule is CC(C)(C)c1c(-c2ccc(F)cc2)c(-n2c3ccccc3c3c4sc5ccccc5c4ccc32)c(C(C)(C)C)c(-n2c3ccccc3c3c4sc5ccccc5c4ccc32)c1-c1ccc(F)cc1. The van der Waals surface area contributed by atoms with Gasteiger partial charge in [0.25, 0.3) is 0 Å². The number of thiophene rings is 2. The van der Waals surface area contributed by atoms with Gasteiger partial charge in [-0.1, -0.05) is 151 Å². The van der Waals surface area contributed by atoms with Crippen molar-refractivity contribution in [1.82, 2.24) is 9.13 Å². The standard InChI is InChI=1S/C62H46F2N2S2/c1-61(2,3)55-51(35-23-27-37(63)28-24-35)57(65-45-19-11-7-17-43(45)53-47(65)33-31-41-39-15-9-13-21-49(39)67-59(41)53)56(62(4,5)6)58(52(55)36-25-29-38(64)30-26-36)66-46-20-12-8-18-44(46)54-48(66)34-32-42-40-16-10-14-22-50(40)68-60(42)54/h7-34H,1-6H3. The minimum absolute atomic E-state index is 0.291. The third-order valence-corrected chi connectivity index (χ3v) is 16.4. The van der Waals surface area contributed by atoms with Crippen molar-refractivity contribution in [3.8, 4) is 33.6 Å². The fraction of sp³-hybridized carbons (Fsp3) is 0.129. The Kier molecular flexibility index (Phi) is 8.88. The molecule has 0 atom stereocenters. The van der Waals surface area contributed by atoms with Crippen molar-refractivity contribution >= 4 is 107 Å². The molecule has 68 heavy (non-hydrogen) atoms. The summed E-state index contributed by atoms with van der Waals surface area (Å²) in [6, 6.07) is 58.5. The Hall–Kier alpha value is -7.12. The largest absolute Gasteiger partial charge is 0.308 e. The zero-order chi connectivity index (χ0) is 46.4. The Morgan fingerprint density at radius 3 is 1.12 bits per heavy atom. The van der Waals surface area contributed by atoms with E-state index >= 15 is 8.78 Å². The Morgan fingerprint density at radius 1 is 0.353 bits per heavy atom. The van der Waals surface area contributed by atoms with Gasteiger partial charge in [0, 0.05) is 78.6 Å². The second kappa shape index (κ2) is 14.7. The number of halogens is 2. The maximum absolute atomic E-state index is 15.3. The van der Waals surface area contributed by atoms with Crippen molar-refractivity contribution in [2.75, 3.05) is 0 Å². The van der Waals surface area contributed by atoms with Crippen LogP contribution in [0.1, 0.15) is 52.7 Å². The van der Waals surface area contributed by atoms with E-state index in [0.717, 1.165) is 66.8 Å². The average Bonchev–Trinajstić information content (AvgIpc) is 4.08. The Bertz CT molecular complexity index is 3970. The summed E-state index contributed by atoms with van der Waals surface area (Å²) in [6.45, 7) is 13.8. The zero-order valence-corrected chi connectivity index (χ0v) is 40.3. The van der Waals surface area contributed by atoms with E-state index in [4.69, 9.17) is 0 Å². The number of rotatable bonds is 4. The first-order chi connectivity index (χ1) is 32.9. The quantitative estimate of drug-likeness (QED) is 0.166. The van der Waals surface area contributed by atoms with Crippen LogP contribution in [0.25, 0.3) is 118 Å². The van der Waals surface area contributed by atoms with Gasteiger partial charge in [-0.15, -0.1) is 22.7 Å². The van der Waals surface area contributed by atoms with Crippen LogP contribution in [-0.4, -0.2) is 9.13 Å². The number of benzene rings is 9. The summed E-state index contributed by atoms with van der Waals surface area (Å²) in [5.74, 6) is -0.582. The van der Waals surface area contributed by atoms with Gasteiger partial charge in [-0.05, 0) is 88.2 Å². The van der Waals surface area contributed by atoms with Crippen LogP contribution in [-0.2, 0) is 10.8 Å². The lowest BCUT2D eigenvalue weighted by atomic mass is 9.71. The zero-order valence-electron chi connectivity index (χ0n) is 38.6. The fourth-order valence-corrected chi connectivity index (χ4v) is 13.9. The van der Waals surface area contributed by atoms with Crippen LogP contribution in [0.3, 0.4) is 0 Å². The van der Waals surface area contributed by atoms with Gasteiger partial charge in [-0.25, -0.2) is 8.78 Å². The number of aromatic nitrogens is 2. The summed E-state index contributed by atoms with van der Waals surface area (Å²) in [5.41, 5.74) is 11.6. The van der Waals surface area contributed by atoms with Gasteiger partial charge in [0.2, 0.25) is 0 Å². The highest BCUT2D eigenvalue weighted by Gasteiger charge is 2.38. The van der Waals surface area contributed by atoms with Crippen molar-refractivity contribution in [3.05, 3.63) is 193 Å². The number of fused-ring (bicyclic) bond motifs is 14. The van der Waals surface area contributed by atoms with Gasteiger partial charge in [-0.3, -0.25) is 0 Å². The van der Waals surface area contributed by atoms with Gasteiger partial charge >= 0.3 is 0 Å². The highest BCUT2D eigenvalue weighted by Crippen LogP contribution is 2.56. The number of nitrogens with zero attached hydrogens (tertiary/aromatic N) is 2. The number of hydrogen-bond donors (Lipinski definition) is 0. The minimum atomic E-state index is -0.510. The van der Waals surface area contributed by atoms with E-state index < -0.39 is 10.8 Å². The molecule has 0 unspecified atom stereocenters. The van der Waals surface area contributed by atoms with E-state index in [1.165, 1.54) is 61.9 Å². The van der Waals surface area contributed by atoms with E-state index in [-0.39, 0.29) is 11.6 Å². The summed E-state index contributed by atoms with van der Waals surface area (Å²) < 4.78 is 40.7. The third-order valence-electron chi connectivity index (χ3n) is 14.0. The molecular weight excluding hydrogens is 875 g/mol. The molecule has 2 nitrogen and oxygen atoms in total. The maximum atomic E-state index is 15.3. The van der Waals surface area contributed by atoms with Crippen LogP contribution in [0, 0.1) is 11.6 Å². The second-order valence-electron chi connectivity index (χ2n) is 20.3. The molecule has 330 valence electrons. The predicted octanol–water partition coefficient (Wildman–Crippen LogP) is 18.8. The third kappa shape index (κ3) is 5.90. The molecular formula is C62H46F2N2S2. The van der Waals surface area contributed by atoms with Crippen molar-refractivity contribution < 1.29 is 8.78 Å². The fourth-order valence-electron chi connectivity index (χ4n) is 11.4. The molecule has 13 rings (SSSR count). The van der Waals surface area contributed by atoms with E-state index in [2.05, 4.69) is 172 Å². The molecule has 6 heteroatoms. The molecule has 0 saturated carbocycles. The first kappa shape index (κ1) is 41.1. The Labute approximate surface area is 400 Å². The first-order valence-electron chi connectivity index (χ1n) is 23.3. The van der Waals surface area contributed by atoms with Crippen LogP contribution in [0.4, 0.5) is 8.78 Å². The molecule has 0 N–H and O–H groups in total. The van der Waals surface area contributed by atoms with Crippen LogP contribution in [0.15, 0.2) is 170 Å². The lowest BCUT2D eigenvalue weighted by Crippen LogP contribution is -2.25. The molecule has 9 aromatic carbocycles. The normalized spacial score (nSPS) is 12.7. The highest BCUT2D eigenvalue weighted by atomic mass is 32.1. The predicted molar refractivity (Wildman–Crippen MR) is 289 cm³/mol. The molecule has 0 saturated heterocycles. The summed E-state index contributed by atoms with van der Waals surface area (Å²) >= 11 is 3.70. The summed E-state index contributed by atoms with van der Waals surface area (Å²) in [5, 5.41) is 9.80. The monoisotopic (exact) mass is 920 g/mol. The van der Waals surface area contributed by atoms with E-state index in [1.54, 1.807) is 24.3 Å². The molecule has 0 radical (unpaired) electrons. The van der Waals surface area contributed by atoms with Gasteiger partial charge < -0.3 is 9.13 Å². The van der Waals surface area contributed by atoms with Gasteiger partial charge in [0.05, 0.1) is 33.4 Å². The van der Waals surface area contributed by atoms with Gasteiger partial charge in [0.1, 0.15) is 11.6 Å². The number of para-hydroxylation sites is 2. The van der Waals surface area contributed by atoms with E-state index in [9.17, 15) is 0 Å². The molecule has 4 aromatic heterocycles. The van der Waals surface area contributed by atoms with Crippen LogP contribution >= 0.6 is 22.7 Å². The molecule has 0 aliphatic heterocycles. The lowest BCUT2D eigenvalue weighted by molar-refractivity contribution is 0.574. The molecule has 0 spiro atoms. The van der Waals surface area contributed by atoms with E-state index in [1.807, 2.05) is 46.9 Å².